The Kier molecular flexibility index (Phi) is 7.76. The number of likely N-dealkylation sites (tertiary alicyclic amines) is 1. The second-order valence-electron chi connectivity index (χ2n) is 11.8. The van der Waals surface area contributed by atoms with Crippen molar-refractivity contribution < 1.29 is 24.3 Å². The molecule has 36 heavy (non-hydrogen) atoms. The molecule has 1 aliphatic heterocycles. The summed E-state index contributed by atoms with van der Waals surface area (Å²) < 4.78 is 0. The van der Waals surface area contributed by atoms with Crippen molar-refractivity contribution >= 4 is 23.6 Å². The second-order valence-corrected chi connectivity index (χ2v) is 11.8. The minimum Gasteiger partial charge on any atom is -0.480 e. The summed E-state index contributed by atoms with van der Waals surface area (Å²) in [6, 6.07) is -1.54. The summed E-state index contributed by atoms with van der Waals surface area (Å²) in [4.78, 5) is 62.2. The number of aromatic nitrogens is 2. The van der Waals surface area contributed by atoms with Gasteiger partial charge in [0.25, 0.3) is 5.91 Å². The number of carboxylic acid groups (broad SMARTS) is 1. The third-order valence-electron chi connectivity index (χ3n) is 8.48. The Hall–Kier alpha value is -2.84. The van der Waals surface area contributed by atoms with Gasteiger partial charge in [-0.1, -0.05) is 40.0 Å². The first kappa shape index (κ1) is 26.2. The van der Waals surface area contributed by atoms with E-state index in [4.69, 9.17) is 0 Å². The number of rotatable bonds is 8. The van der Waals surface area contributed by atoms with Crippen molar-refractivity contribution in [3.63, 3.8) is 0 Å². The van der Waals surface area contributed by atoms with Gasteiger partial charge in [0.15, 0.2) is 5.78 Å². The van der Waals surface area contributed by atoms with Crippen LogP contribution in [0.1, 0.15) is 82.6 Å². The molecule has 1 aromatic heterocycles. The Morgan fingerprint density at radius 2 is 1.81 bits per heavy atom. The topological polar surface area (TPSA) is 130 Å². The number of carbonyl (C=O) groups is 4. The van der Waals surface area contributed by atoms with Crippen molar-refractivity contribution in [2.45, 2.75) is 84.2 Å². The zero-order chi connectivity index (χ0) is 26.0. The summed E-state index contributed by atoms with van der Waals surface area (Å²) in [5.74, 6) is -2.33. The number of hydrogen-bond donors (Lipinski definition) is 2. The molecule has 196 valence electrons. The molecule has 2 amide bonds. The third-order valence-corrected chi connectivity index (χ3v) is 8.48. The average molecular weight is 499 g/mol. The Morgan fingerprint density at radius 1 is 1.08 bits per heavy atom. The fraction of sp³-hybridized carbons (Fsp3) is 0.704. The van der Waals surface area contributed by atoms with Gasteiger partial charge in [-0.2, -0.15) is 0 Å². The van der Waals surface area contributed by atoms with E-state index in [0.717, 1.165) is 44.9 Å². The summed E-state index contributed by atoms with van der Waals surface area (Å²) in [5.41, 5.74) is -0.410. The van der Waals surface area contributed by atoms with E-state index in [-0.39, 0.29) is 41.6 Å². The smallest absolute Gasteiger partial charge is 0.326 e. The number of ketones is 1. The molecule has 2 heterocycles. The zero-order valence-corrected chi connectivity index (χ0v) is 21.5. The highest BCUT2D eigenvalue weighted by Crippen LogP contribution is 2.44. The lowest BCUT2D eigenvalue weighted by atomic mass is 9.75. The minimum atomic E-state index is -0.961. The highest BCUT2D eigenvalue weighted by atomic mass is 16.4. The first-order valence-electron chi connectivity index (χ1n) is 13.2. The van der Waals surface area contributed by atoms with E-state index in [1.165, 1.54) is 23.5 Å². The number of nitrogens with one attached hydrogen (secondary N) is 1. The molecule has 3 fully saturated rings. The number of nitrogens with zero attached hydrogens (tertiary/aromatic N) is 3. The maximum atomic E-state index is 13.9. The molecule has 9 nitrogen and oxygen atoms in total. The fourth-order valence-electron chi connectivity index (χ4n) is 6.52. The van der Waals surface area contributed by atoms with Crippen molar-refractivity contribution in [2.75, 3.05) is 6.54 Å². The van der Waals surface area contributed by atoms with E-state index >= 15 is 0 Å². The van der Waals surface area contributed by atoms with Crippen LogP contribution in [-0.2, 0) is 14.4 Å². The normalized spacial score (nSPS) is 25.9. The SMILES string of the molecule is CC(C)(C)[C@H](CC(=O)[C@@H](NC(=O)c1cnccn1)C1CCCC1)C(=O)N1C[C@@H]2CCC[C@@H]2[C@H]1C(=O)O. The predicted molar refractivity (Wildman–Crippen MR) is 132 cm³/mol. The maximum Gasteiger partial charge on any atom is 0.326 e. The Balaban J connectivity index is 1.55. The molecule has 0 radical (unpaired) electrons. The molecule has 2 saturated carbocycles. The Labute approximate surface area is 212 Å². The van der Waals surface area contributed by atoms with Crippen LogP contribution in [0.2, 0.25) is 0 Å². The zero-order valence-electron chi connectivity index (χ0n) is 21.5. The Morgan fingerprint density at radius 3 is 2.42 bits per heavy atom. The van der Waals surface area contributed by atoms with Crippen molar-refractivity contribution in [1.82, 2.24) is 20.2 Å². The van der Waals surface area contributed by atoms with Gasteiger partial charge >= 0.3 is 5.97 Å². The van der Waals surface area contributed by atoms with Crippen LogP contribution in [0, 0.1) is 29.1 Å². The van der Waals surface area contributed by atoms with Crippen molar-refractivity contribution in [2.24, 2.45) is 29.1 Å². The highest BCUT2D eigenvalue weighted by Gasteiger charge is 2.52. The van der Waals surface area contributed by atoms with Crippen molar-refractivity contribution in [1.29, 1.82) is 0 Å². The number of Topliss-reactive ketones (excluding diaryl/α,β-unsaturated/α-hetero) is 1. The Bertz CT molecular complexity index is 986. The van der Waals surface area contributed by atoms with Crippen LogP contribution < -0.4 is 5.32 Å². The van der Waals surface area contributed by atoms with Crippen molar-refractivity contribution in [3.8, 4) is 0 Å². The molecule has 9 heteroatoms. The molecule has 0 unspecified atom stereocenters. The van der Waals surface area contributed by atoms with E-state index < -0.39 is 35.3 Å². The molecular weight excluding hydrogens is 460 g/mol. The lowest BCUT2D eigenvalue weighted by molar-refractivity contribution is -0.153. The summed E-state index contributed by atoms with van der Waals surface area (Å²) >= 11 is 0. The number of carboxylic acids is 1. The largest absolute Gasteiger partial charge is 0.480 e. The lowest BCUT2D eigenvalue weighted by Gasteiger charge is -2.36. The van der Waals surface area contributed by atoms with Crippen LogP contribution in [0.5, 0.6) is 0 Å². The van der Waals surface area contributed by atoms with Crippen molar-refractivity contribution in [3.05, 3.63) is 24.3 Å². The van der Waals surface area contributed by atoms with Crippen LogP contribution in [0.3, 0.4) is 0 Å². The predicted octanol–water partition coefficient (Wildman–Crippen LogP) is 3.10. The molecule has 2 aliphatic carbocycles. The third kappa shape index (κ3) is 5.44. The summed E-state index contributed by atoms with van der Waals surface area (Å²) in [5, 5.41) is 12.9. The number of amides is 2. The van der Waals surface area contributed by atoms with E-state index in [0.29, 0.717) is 6.54 Å². The van der Waals surface area contributed by atoms with E-state index in [2.05, 4.69) is 15.3 Å². The van der Waals surface area contributed by atoms with E-state index in [9.17, 15) is 24.3 Å². The molecule has 0 spiro atoms. The summed E-state index contributed by atoms with van der Waals surface area (Å²) in [6.07, 6.45) is 10.7. The van der Waals surface area contributed by atoms with Gasteiger partial charge in [-0.05, 0) is 48.9 Å². The molecular formula is C27H38N4O5. The molecule has 3 aliphatic rings. The van der Waals surface area contributed by atoms with Gasteiger partial charge in [0, 0.05) is 31.3 Å². The van der Waals surface area contributed by atoms with Gasteiger partial charge in [0.1, 0.15) is 11.7 Å². The van der Waals surface area contributed by atoms with Crippen LogP contribution in [0.4, 0.5) is 0 Å². The van der Waals surface area contributed by atoms with Gasteiger partial charge in [-0.15, -0.1) is 0 Å². The van der Waals surface area contributed by atoms with Crippen LogP contribution in [-0.4, -0.2) is 62.2 Å². The number of fused-ring (bicyclic) bond motifs is 1. The minimum absolute atomic E-state index is 0.00625. The van der Waals surface area contributed by atoms with Gasteiger partial charge in [-0.25, -0.2) is 9.78 Å². The lowest BCUT2D eigenvalue weighted by Crippen LogP contribution is -2.51. The first-order chi connectivity index (χ1) is 17.1. The molecule has 0 aromatic carbocycles. The van der Waals surface area contributed by atoms with Gasteiger partial charge in [-0.3, -0.25) is 19.4 Å². The quantitative estimate of drug-likeness (QED) is 0.563. The molecule has 4 rings (SSSR count). The molecule has 5 atom stereocenters. The van der Waals surface area contributed by atoms with Crippen LogP contribution in [0.15, 0.2) is 18.6 Å². The van der Waals surface area contributed by atoms with Gasteiger partial charge in [0.05, 0.1) is 12.2 Å². The first-order valence-corrected chi connectivity index (χ1v) is 13.2. The molecule has 0 bridgehead atoms. The molecule has 1 aromatic rings. The van der Waals surface area contributed by atoms with Crippen LogP contribution in [0.25, 0.3) is 0 Å². The number of aliphatic carboxylic acids is 1. The standard InChI is InChI=1S/C27H38N4O5/c1-27(2,3)19(25(34)31-15-17-9-6-10-18(17)23(31)26(35)36)13-21(32)22(16-7-4-5-8-16)30-24(33)20-14-28-11-12-29-20/h11-12,14,16-19,22-23H,4-10,13,15H2,1-3H3,(H,30,33)(H,35,36)/t17-,18-,19+,22-,23-/m0/s1. The van der Waals surface area contributed by atoms with E-state index in [1.807, 2.05) is 20.8 Å². The molecule has 1 saturated heterocycles. The average Bonchev–Trinajstić information content (AvgIpc) is 3.57. The fourth-order valence-corrected chi connectivity index (χ4v) is 6.52. The monoisotopic (exact) mass is 498 g/mol. The highest BCUT2D eigenvalue weighted by molar-refractivity contribution is 5.98. The summed E-state index contributed by atoms with van der Waals surface area (Å²) in [7, 11) is 0. The molecule has 2 N–H and O–H groups in total. The van der Waals surface area contributed by atoms with Gasteiger partial charge < -0.3 is 15.3 Å². The van der Waals surface area contributed by atoms with E-state index in [1.54, 1.807) is 0 Å². The number of hydrogen-bond acceptors (Lipinski definition) is 6. The number of carbonyl (C=O) groups excluding carboxylic acids is 3. The maximum absolute atomic E-state index is 13.9. The van der Waals surface area contributed by atoms with Crippen LogP contribution >= 0.6 is 0 Å². The summed E-state index contributed by atoms with van der Waals surface area (Å²) in [6.45, 7) is 6.19. The van der Waals surface area contributed by atoms with Gasteiger partial charge in [0.2, 0.25) is 5.91 Å². The second kappa shape index (κ2) is 10.6.